The van der Waals surface area contributed by atoms with Crippen LogP contribution in [0.1, 0.15) is 13.3 Å². The Morgan fingerprint density at radius 1 is 1.61 bits per heavy atom. The smallest absolute Gasteiger partial charge is 0.244 e. The van der Waals surface area contributed by atoms with Crippen LogP contribution in [-0.2, 0) is 4.79 Å². The van der Waals surface area contributed by atoms with E-state index in [0.29, 0.717) is 6.42 Å². The maximum atomic E-state index is 12.1. The number of imidazole rings is 1. The standard InChI is InChI=1S/C13H14N4O/c1-3-9(7-14)13(18)17(2)10-4-5-11-12(6-10)16-8-15-11/h4-6,8-9H,3H2,1-2H3,(H,15,16). The number of hydrogen-bond acceptors (Lipinski definition) is 3. The third kappa shape index (κ3) is 2.05. The lowest BCUT2D eigenvalue weighted by atomic mass is 10.1. The second-order valence-corrected chi connectivity index (χ2v) is 4.09. The lowest BCUT2D eigenvalue weighted by Gasteiger charge is -2.19. The van der Waals surface area contributed by atoms with E-state index in [1.807, 2.05) is 31.2 Å². The number of amides is 1. The molecular weight excluding hydrogens is 228 g/mol. The van der Waals surface area contributed by atoms with E-state index in [9.17, 15) is 4.79 Å². The number of carbonyl (C=O) groups excluding carboxylic acids is 1. The molecule has 0 spiro atoms. The first-order valence-corrected chi connectivity index (χ1v) is 5.77. The molecule has 5 nitrogen and oxygen atoms in total. The van der Waals surface area contributed by atoms with E-state index in [1.165, 1.54) is 4.90 Å². The van der Waals surface area contributed by atoms with Gasteiger partial charge in [-0.1, -0.05) is 6.92 Å². The molecule has 0 aliphatic heterocycles. The van der Waals surface area contributed by atoms with Crippen LogP contribution >= 0.6 is 0 Å². The van der Waals surface area contributed by atoms with Crippen LogP contribution < -0.4 is 4.90 Å². The second-order valence-electron chi connectivity index (χ2n) is 4.09. The highest BCUT2D eigenvalue weighted by molar-refractivity contribution is 5.97. The molecule has 0 aliphatic carbocycles. The van der Waals surface area contributed by atoms with Crippen LogP contribution in [0.2, 0.25) is 0 Å². The van der Waals surface area contributed by atoms with E-state index in [1.54, 1.807) is 13.4 Å². The molecule has 0 aliphatic rings. The van der Waals surface area contributed by atoms with Gasteiger partial charge in [-0.3, -0.25) is 4.79 Å². The van der Waals surface area contributed by atoms with Crippen molar-refractivity contribution in [2.24, 2.45) is 5.92 Å². The minimum Gasteiger partial charge on any atom is -0.345 e. The molecule has 2 rings (SSSR count). The number of aromatic amines is 1. The average Bonchev–Trinajstić information content (AvgIpc) is 2.86. The molecule has 0 bridgehead atoms. The Kier molecular flexibility index (Phi) is 3.28. The summed E-state index contributed by atoms with van der Waals surface area (Å²) in [6.07, 6.45) is 2.13. The summed E-state index contributed by atoms with van der Waals surface area (Å²) >= 11 is 0. The average molecular weight is 242 g/mol. The van der Waals surface area contributed by atoms with Crippen LogP contribution in [0.4, 0.5) is 5.69 Å². The summed E-state index contributed by atoms with van der Waals surface area (Å²) < 4.78 is 0. The van der Waals surface area contributed by atoms with Crippen molar-refractivity contribution >= 4 is 22.6 Å². The van der Waals surface area contributed by atoms with Gasteiger partial charge in [-0.25, -0.2) is 4.98 Å². The summed E-state index contributed by atoms with van der Waals surface area (Å²) in [6.45, 7) is 1.83. The van der Waals surface area contributed by atoms with E-state index in [2.05, 4.69) is 9.97 Å². The number of nitrogens with zero attached hydrogens (tertiary/aromatic N) is 3. The first kappa shape index (κ1) is 12.1. The summed E-state index contributed by atoms with van der Waals surface area (Å²) in [5.74, 6) is -0.772. The number of nitriles is 1. The molecule has 1 amide bonds. The predicted octanol–water partition coefficient (Wildman–Crippen LogP) is 2.08. The van der Waals surface area contributed by atoms with E-state index >= 15 is 0 Å². The van der Waals surface area contributed by atoms with Crippen LogP contribution in [0.25, 0.3) is 11.0 Å². The van der Waals surface area contributed by atoms with Gasteiger partial charge in [0, 0.05) is 12.7 Å². The van der Waals surface area contributed by atoms with Crippen molar-refractivity contribution in [1.29, 1.82) is 5.26 Å². The van der Waals surface area contributed by atoms with Gasteiger partial charge in [0.05, 0.1) is 23.4 Å². The van der Waals surface area contributed by atoms with Gasteiger partial charge in [-0.15, -0.1) is 0 Å². The highest BCUT2D eigenvalue weighted by Crippen LogP contribution is 2.20. The molecule has 0 saturated carbocycles. The van der Waals surface area contributed by atoms with Gasteiger partial charge in [0.25, 0.3) is 0 Å². The van der Waals surface area contributed by atoms with Gasteiger partial charge >= 0.3 is 0 Å². The second kappa shape index (κ2) is 4.88. The summed E-state index contributed by atoms with van der Waals surface area (Å²) in [5, 5.41) is 8.92. The first-order valence-electron chi connectivity index (χ1n) is 5.77. The van der Waals surface area contributed by atoms with Crippen LogP contribution in [-0.4, -0.2) is 22.9 Å². The molecule has 92 valence electrons. The lowest BCUT2D eigenvalue weighted by Crippen LogP contribution is -2.31. The maximum Gasteiger partial charge on any atom is 0.244 e. The number of aromatic nitrogens is 2. The number of benzene rings is 1. The number of anilines is 1. The third-order valence-corrected chi connectivity index (χ3v) is 2.98. The monoisotopic (exact) mass is 242 g/mol. The van der Waals surface area contributed by atoms with Crippen molar-refractivity contribution in [3.8, 4) is 6.07 Å². The van der Waals surface area contributed by atoms with Crippen molar-refractivity contribution in [2.75, 3.05) is 11.9 Å². The van der Waals surface area contributed by atoms with Gasteiger partial charge in [0.1, 0.15) is 5.92 Å². The Balaban J connectivity index is 2.30. The fourth-order valence-corrected chi connectivity index (χ4v) is 1.81. The van der Waals surface area contributed by atoms with E-state index in [-0.39, 0.29) is 5.91 Å². The lowest BCUT2D eigenvalue weighted by molar-refractivity contribution is -0.120. The zero-order valence-electron chi connectivity index (χ0n) is 10.3. The molecule has 0 fully saturated rings. The van der Waals surface area contributed by atoms with E-state index in [0.717, 1.165) is 16.7 Å². The Morgan fingerprint density at radius 3 is 3.06 bits per heavy atom. The molecule has 1 unspecified atom stereocenters. The van der Waals surface area contributed by atoms with Crippen molar-refractivity contribution in [2.45, 2.75) is 13.3 Å². The van der Waals surface area contributed by atoms with E-state index < -0.39 is 5.92 Å². The van der Waals surface area contributed by atoms with Crippen LogP contribution in [0.15, 0.2) is 24.5 Å². The number of H-pyrrole nitrogens is 1. The normalized spacial score (nSPS) is 12.1. The van der Waals surface area contributed by atoms with Crippen LogP contribution in [0.3, 0.4) is 0 Å². The predicted molar refractivity (Wildman–Crippen MR) is 68.9 cm³/mol. The Bertz CT molecular complexity index is 611. The molecule has 1 heterocycles. The Labute approximate surface area is 105 Å². The molecule has 0 saturated heterocycles. The van der Waals surface area contributed by atoms with E-state index in [4.69, 9.17) is 5.26 Å². The van der Waals surface area contributed by atoms with Gasteiger partial charge in [-0.2, -0.15) is 5.26 Å². The molecule has 1 aromatic heterocycles. The number of nitrogens with one attached hydrogen (secondary N) is 1. The molecule has 2 aromatic rings. The quantitative estimate of drug-likeness (QED) is 0.895. The summed E-state index contributed by atoms with van der Waals surface area (Å²) in [6, 6.07) is 7.54. The van der Waals surface area contributed by atoms with Crippen molar-refractivity contribution in [1.82, 2.24) is 9.97 Å². The number of rotatable bonds is 3. The minimum absolute atomic E-state index is 0.182. The molecular formula is C13H14N4O. The van der Waals surface area contributed by atoms with Crippen molar-refractivity contribution < 1.29 is 4.79 Å². The Morgan fingerprint density at radius 2 is 2.39 bits per heavy atom. The van der Waals surface area contributed by atoms with Crippen molar-refractivity contribution in [3.63, 3.8) is 0 Å². The minimum atomic E-state index is -0.590. The molecule has 1 atom stereocenters. The molecule has 1 N–H and O–H groups in total. The molecule has 1 aromatic carbocycles. The number of hydrogen-bond donors (Lipinski definition) is 1. The summed E-state index contributed by atoms with van der Waals surface area (Å²) in [5.41, 5.74) is 2.48. The fourth-order valence-electron chi connectivity index (χ4n) is 1.81. The summed E-state index contributed by atoms with van der Waals surface area (Å²) in [7, 11) is 1.68. The zero-order chi connectivity index (χ0) is 13.1. The number of carbonyl (C=O) groups is 1. The number of fused-ring (bicyclic) bond motifs is 1. The summed E-state index contributed by atoms with van der Waals surface area (Å²) in [4.78, 5) is 20.7. The van der Waals surface area contributed by atoms with Crippen LogP contribution in [0, 0.1) is 17.2 Å². The third-order valence-electron chi connectivity index (χ3n) is 2.98. The molecule has 0 radical (unpaired) electrons. The highest BCUT2D eigenvalue weighted by Gasteiger charge is 2.21. The largest absolute Gasteiger partial charge is 0.345 e. The topological polar surface area (TPSA) is 72.8 Å². The molecule has 18 heavy (non-hydrogen) atoms. The fraction of sp³-hybridized carbons (Fsp3) is 0.308. The maximum absolute atomic E-state index is 12.1. The highest BCUT2D eigenvalue weighted by atomic mass is 16.2. The first-order chi connectivity index (χ1) is 8.67. The van der Waals surface area contributed by atoms with Gasteiger partial charge in [0.15, 0.2) is 0 Å². The van der Waals surface area contributed by atoms with Gasteiger partial charge < -0.3 is 9.88 Å². The van der Waals surface area contributed by atoms with Crippen LogP contribution in [0.5, 0.6) is 0 Å². The van der Waals surface area contributed by atoms with Gasteiger partial charge in [0.2, 0.25) is 5.91 Å². The Hall–Kier alpha value is -2.35. The molecule has 5 heteroatoms. The van der Waals surface area contributed by atoms with Crippen molar-refractivity contribution in [3.05, 3.63) is 24.5 Å². The SMILES string of the molecule is CCC(C#N)C(=O)N(C)c1ccc2nc[nH]c2c1. The van der Waals surface area contributed by atoms with Gasteiger partial charge in [-0.05, 0) is 24.6 Å². The zero-order valence-corrected chi connectivity index (χ0v) is 10.3.